The molecule has 0 atom stereocenters. The Bertz CT molecular complexity index is 508. The largest absolute Gasteiger partial charge is 0.383 e. The molecular formula is C15H21N3O. The van der Waals surface area contributed by atoms with Crippen molar-refractivity contribution < 1.29 is 4.74 Å². The monoisotopic (exact) mass is 259 g/mol. The lowest BCUT2D eigenvalue weighted by molar-refractivity contribution is 0.199. The van der Waals surface area contributed by atoms with Crippen LogP contribution < -0.4 is 5.32 Å². The summed E-state index contributed by atoms with van der Waals surface area (Å²) in [6.07, 6.45) is 4.80. The SMILES string of the molecule is CCc1nccn1-c1ccccc1CNCCOC. The topological polar surface area (TPSA) is 39.1 Å². The van der Waals surface area contributed by atoms with Gasteiger partial charge in [-0.2, -0.15) is 0 Å². The summed E-state index contributed by atoms with van der Waals surface area (Å²) >= 11 is 0. The van der Waals surface area contributed by atoms with Crippen LogP contribution in [0.25, 0.3) is 5.69 Å². The van der Waals surface area contributed by atoms with E-state index < -0.39 is 0 Å². The summed E-state index contributed by atoms with van der Waals surface area (Å²) in [4.78, 5) is 4.38. The predicted octanol–water partition coefficient (Wildman–Crippen LogP) is 2.17. The summed E-state index contributed by atoms with van der Waals surface area (Å²) in [5, 5.41) is 3.38. The van der Waals surface area contributed by atoms with Crippen LogP contribution in [0.4, 0.5) is 0 Å². The van der Waals surface area contributed by atoms with Crippen molar-refractivity contribution in [2.45, 2.75) is 19.9 Å². The molecule has 0 saturated heterocycles. The molecule has 2 aromatic rings. The van der Waals surface area contributed by atoms with Crippen LogP contribution in [0, 0.1) is 0 Å². The van der Waals surface area contributed by atoms with Crippen molar-refractivity contribution in [3.8, 4) is 5.69 Å². The summed E-state index contributed by atoms with van der Waals surface area (Å²) < 4.78 is 7.20. The molecule has 1 N–H and O–H groups in total. The number of hydrogen-bond acceptors (Lipinski definition) is 3. The quantitative estimate of drug-likeness (QED) is 0.775. The van der Waals surface area contributed by atoms with Crippen molar-refractivity contribution in [2.75, 3.05) is 20.3 Å². The van der Waals surface area contributed by atoms with Gasteiger partial charge in [0.25, 0.3) is 0 Å². The number of benzene rings is 1. The lowest BCUT2D eigenvalue weighted by Crippen LogP contribution is -2.19. The number of hydrogen-bond donors (Lipinski definition) is 1. The first-order chi connectivity index (χ1) is 9.36. The number of aromatic nitrogens is 2. The van der Waals surface area contributed by atoms with Crippen LogP contribution in [0.2, 0.25) is 0 Å². The summed E-state index contributed by atoms with van der Waals surface area (Å²) in [6, 6.07) is 8.41. The van der Waals surface area contributed by atoms with Gasteiger partial charge in [-0.05, 0) is 11.6 Å². The molecule has 0 aliphatic heterocycles. The molecule has 0 saturated carbocycles. The minimum absolute atomic E-state index is 0.730. The highest BCUT2D eigenvalue weighted by molar-refractivity contribution is 5.42. The van der Waals surface area contributed by atoms with Gasteiger partial charge in [0.15, 0.2) is 0 Å². The molecule has 0 aliphatic rings. The third kappa shape index (κ3) is 3.43. The summed E-state index contributed by atoms with van der Waals surface area (Å²) in [7, 11) is 1.72. The molecule has 1 heterocycles. The molecule has 19 heavy (non-hydrogen) atoms. The number of nitrogens with zero attached hydrogens (tertiary/aromatic N) is 2. The predicted molar refractivity (Wildman–Crippen MR) is 76.5 cm³/mol. The number of nitrogens with one attached hydrogen (secondary N) is 1. The average molecular weight is 259 g/mol. The Kier molecular flexibility index (Phi) is 5.12. The van der Waals surface area contributed by atoms with Gasteiger partial charge in [0.1, 0.15) is 5.82 Å². The highest BCUT2D eigenvalue weighted by atomic mass is 16.5. The van der Waals surface area contributed by atoms with E-state index >= 15 is 0 Å². The lowest BCUT2D eigenvalue weighted by Gasteiger charge is -2.13. The van der Waals surface area contributed by atoms with Gasteiger partial charge in [0, 0.05) is 39.0 Å². The summed E-state index contributed by atoms with van der Waals surface area (Å²) in [5.74, 6) is 1.09. The van der Waals surface area contributed by atoms with Gasteiger partial charge in [-0.15, -0.1) is 0 Å². The zero-order valence-electron chi connectivity index (χ0n) is 11.6. The first-order valence-electron chi connectivity index (χ1n) is 6.67. The second-order valence-corrected chi connectivity index (χ2v) is 4.37. The number of para-hydroxylation sites is 1. The standard InChI is InChI=1S/C15H21N3O/c1-3-15-17-8-10-18(15)14-7-5-4-6-13(14)12-16-9-11-19-2/h4-8,10,16H,3,9,11-12H2,1-2H3. The second-order valence-electron chi connectivity index (χ2n) is 4.37. The summed E-state index contributed by atoms with van der Waals surface area (Å²) in [5.41, 5.74) is 2.47. The molecule has 2 rings (SSSR count). The van der Waals surface area contributed by atoms with Gasteiger partial charge in [-0.1, -0.05) is 25.1 Å². The maximum absolute atomic E-state index is 5.04. The molecular weight excluding hydrogens is 238 g/mol. The Hall–Kier alpha value is -1.65. The molecule has 0 aliphatic carbocycles. The molecule has 1 aromatic carbocycles. The normalized spacial score (nSPS) is 10.8. The van der Waals surface area contributed by atoms with Crippen molar-refractivity contribution in [1.29, 1.82) is 0 Å². The third-order valence-electron chi connectivity index (χ3n) is 3.08. The molecule has 0 amide bonds. The molecule has 0 radical (unpaired) electrons. The number of methoxy groups -OCH3 is 1. The van der Waals surface area contributed by atoms with Crippen LogP contribution in [0.15, 0.2) is 36.7 Å². The van der Waals surface area contributed by atoms with Gasteiger partial charge in [0.05, 0.1) is 12.3 Å². The molecule has 0 unspecified atom stereocenters. The van der Waals surface area contributed by atoms with E-state index in [1.165, 1.54) is 11.3 Å². The zero-order chi connectivity index (χ0) is 13.5. The third-order valence-corrected chi connectivity index (χ3v) is 3.08. The number of aryl methyl sites for hydroxylation is 1. The van der Waals surface area contributed by atoms with Gasteiger partial charge < -0.3 is 14.6 Å². The van der Waals surface area contributed by atoms with Crippen molar-refractivity contribution in [1.82, 2.24) is 14.9 Å². The van der Waals surface area contributed by atoms with Crippen LogP contribution in [-0.2, 0) is 17.7 Å². The Labute approximate surface area is 114 Å². The Balaban J connectivity index is 2.16. The Morgan fingerprint density at radius 1 is 1.32 bits per heavy atom. The van der Waals surface area contributed by atoms with Gasteiger partial charge in [-0.25, -0.2) is 4.98 Å². The van der Waals surface area contributed by atoms with Crippen LogP contribution in [-0.4, -0.2) is 29.8 Å². The maximum atomic E-state index is 5.04. The Morgan fingerprint density at radius 2 is 2.16 bits per heavy atom. The highest BCUT2D eigenvalue weighted by Crippen LogP contribution is 2.16. The molecule has 1 aromatic heterocycles. The second kappa shape index (κ2) is 7.07. The minimum atomic E-state index is 0.730. The van der Waals surface area contributed by atoms with Crippen molar-refractivity contribution in [3.05, 3.63) is 48.0 Å². The van der Waals surface area contributed by atoms with Crippen LogP contribution >= 0.6 is 0 Å². The van der Waals surface area contributed by atoms with Crippen LogP contribution in [0.5, 0.6) is 0 Å². The van der Waals surface area contributed by atoms with E-state index in [1.807, 2.05) is 12.4 Å². The molecule has 4 nitrogen and oxygen atoms in total. The molecule has 102 valence electrons. The fourth-order valence-corrected chi connectivity index (χ4v) is 2.11. The van der Waals surface area contributed by atoms with Crippen molar-refractivity contribution in [3.63, 3.8) is 0 Å². The van der Waals surface area contributed by atoms with Crippen LogP contribution in [0.3, 0.4) is 0 Å². The average Bonchev–Trinajstić information content (AvgIpc) is 2.92. The van der Waals surface area contributed by atoms with Gasteiger partial charge >= 0.3 is 0 Å². The smallest absolute Gasteiger partial charge is 0.112 e. The van der Waals surface area contributed by atoms with E-state index in [0.29, 0.717) is 0 Å². The van der Waals surface area contributed by atoms with Gasteiger partial charge in [0.2, 0.25) is 0 Å². The fraction of sp³-hybridized carbons (Fsp3) is 0.400. The number of imidazole rings is 1. The van der Waals surface area contributed by atoms with E-state index in [-0.39, 0.29) is 0 Å². The lowest BCUT2D eigenvalue weighted by atomic mass is 10.1. The van der Waals surface area contributed by atoms with Gasteiger partial charge in [-0.3, -0.25) is 0 Å². The maximum Gasteiger partial charge on any atom is 0.112 e. The highest BCUT2D eigenvalue weighted by Gasteiger charge is 2.07. The minimum Gasteiger partial charge on any atom is -0.383 e. The van der Waals surface area contributed by atoms with E-state index in [4.69, 9.17) is 4.74 Å². The number of rotatable bonds is 7. The first-order valence-corrected chi connectivity index (χ1v) is 6.67. The molecule has 0 spiro atoms. The van der Waals surface area contributed by atoms with E-state index in [0.717, 1.165) is 31.9 Å². The van der Waals surface area contributed by atoms with E-state index in [9.17, 15) is 0 Å². The van der Waals surface area contributed by atoms with E-state index in [1.54, 1.807) is 7.11 Å². The molecule has 0 fully saturated rings. The zero-order valence-corrected chi connectivity index (χ0v) is 11.6. The summed E-state index contributed by atoms with van der Waals surface area (Å²) in [6.45, 7) is 4.54. The number of ether oxygens (including phenoxy) is 1. The van der Waals surface area contributed by atoms with E-state index in [2.05, 4.69) is 46.1 Å². The van der Waals surface area contributed by atoms with Crippen molar-refractivity contribution >= 4 is 0 Å². The fourth-order valence-electron chi connectivity index (χ4n) is 2.11. The van der Waals surface area contributed by atoms with Crippen LogP contribution in [0.1, 0.15) is 18.3 Å². The molecule has 4 heteroatoms. The molecule has 0 bridgehead atoms. The van der Waals surface area contributed by atoms with Crippen molar-refractivity contribution in [2.24, 2.45) is 0 Å². The first kappa shape index (κ1) is 13.8. The Morgan fingerprint density at radius 3 is 2.95 bits per heavy atom.